The maximum Gasteiger partial charge on any atom is 0.106 e. The lowest BCUT2D eigenvalue weighted by Gasteiger charge is -2.17. The van der Waals surface area contributed by atoms with Gasteiger partial charge in [0.15, 0.2) is 0 Å². The summed E-state index contributed by atoms with van der Waals surface area (Å²) in [6, 6.07) is 0.193. The third kappa shape index (κ3) is 4.17. The Morgan fingerprint density at radius 1 is 1.57 bits per heavy atom. The molecular weight excluding hydrogens is 196 g/mol. The quantitative estimate of drug-likeness (QED) is 0.756. The summed E-state index contributed by atoms with van der Waals surface area (Å²) in [4.78, 5) is 4.18. The van der Waals surface area contributed by atoms with Crippen molar-refractivity contribution < 1.29 is 5.11 Å². The Morgan fingerprint density at radius 2 is 2.36 bits per heavy atom. The zero-order chi connectivity index (χ0) is 10.4. The Labute approximate surface area is 89.2 Å². The second kappa shape index (κ2) is 6.11. The molecule has 0 aromatic carbocycles. The van der Waals surface area contributed by atoms with Gasteiger partial charge in [0, 0.05) is 24.2 Å². The predicted molar refractivity (Wildman–Crippen MR) is 59.3 cm³/mol. The molecule has 1 rings (SSSR count). The molecule has 80 valence electrons. The number of hydrogen-bond donors (Lipinski definition) is 2. The van der Waals surface area contributed by atoms with E-state index in [4.69, 9.17) is 5.11 Å². The topological polar surface area (TPSA) is 45.1 Å². The molecule has 14 heavy (non-hydrogen) atoms. The summed E-state index contributed by atoms with van der Waals surface area (Å²) in [7, 11) is 0. The van der Waals surface area contributed by atoms with Gasteiger partial charge in [-0.2, -0.15) is 0 Å². The van der Waals surface area contributed by atoms with Gasteiger partial charge in [-0.05, 0) is 12.3 Å². The summed E-state index contributed by atoms with van der Waals surface area (Å²) in [6.45, 7) is 5.28. The van der Waals surface area contributed by atoms with E-state index in [1.54, 1.807) is 17.5 Å². The van der Waals surface area contributed by atoms with Gasteiger partial charge in [-0.15, -0.1) is 11.3 Å². The molecular formula is C10H18N2OS. The molecule has 0 saturated heterocycles. The molecule has 0 aliphatic carbocycles. The molecule has 2 N–H and O–H groups in total. The summed E-state index contributed by atoms with van der Waals surface area (Å²) in [6.07, 6.45) is 2.81. The normalized spacial score (nSPS) is 13.4. The van der Waals surface area contributed by atoms with Crippen LogP contribution in [-0.4, -0.2) is 22.7 Å². The van der Waals surface area contributed by atoms with Crippen molar-refractivity contribution in [3.8, 4) is 0 Å². The minimum absolute atomic E-state index is 0.193. The fraction of sp³-hybridized carbons (Fsp3) is 0.700. The fourth-order valence-electron chi connectivity index (χ4n) is 1.36. The molecule has 0 radical (unpaired) electrons. The van der Waals surface area contributed by atoms with Crippen LogP contribution >= 0.6 is 11.3 Å². The van der Waals surface area contributed by atoms with Crippen LogP contribution in [0.2, 0.25) is 0 Å². The van der Waals surface area contributed by atoms with Crippen molar-refractivity contribution in [1.82, 2.24) is 10.3 Å². The third-order valence-electron chi connectivity index (χ3n) is 2.00. The van der Waals surface area contributed by atoms with E-state index in [1.165, 1.54) is 0 Å². The zero-order valence-corrected chi connectivity index (χ0v) is 9.55. The highest BCUT2D eigenvalue weighted by atomic mass is 32.1. The molecule has 3 nitrogen and oxygen atoms in total. The number of nitrogens with one attached hydrogen (secondary N) is 1. The Morgan fingerprint density at radius 3 is 2.86 bits per heavy atom. The van der Waals surface area contributed by atoms with Gasteiger partial charge in [-0.3, -0.25) is 0 Å². The Balaban J connectivity index is 2.27. The van der Waals surface area contributed by atoms with E-state index in [9.17, 15) is 0 Å². The molecule has 1 heterocycles. The van der Waals surface area contributed by atoms with Gasteiger partial charge in [-0.25, -0.2) is 4.98 Å². The number of rotatable bonds is 6. The maximum absolute atomic E-state index is 9.12. The number of aromatic nitrogens is 1. The maximum atomic E-state index is 9.12. The molecule has 1 atom stereocenters. The van der Waals surface area contributed by atoms with E-state index in [2.05, 4.69) is 24.1 Å². The van der Waals surface area contributed by atoms with E-state index in [0.29, 0.717) is 5.92 Å². The predicted octanol–water partition coefficient (Wildman–Crippen LogP) is 1.64. The molecule has 0 aliphatic rings. The minimum Gasteiger partial charge on any atom is -0.395 e. The van der Waals surface area contributed by atoms with Crippen molar-refractivity contribution >= 4 is 11.3 Å². The van der Waals surface area contributed by atoms with Gasteiger partial charge in [-0.1, -0.05) is 13.8 Å². The van der Waals surface area contributed by atoms with Crippen LogP contribution in [0.25, 0.3) is 0 Å². The molecule has 1 aromatic rings. The van der Waals surface area contributed by atoms with E-state index in [1.807, 2.05) is 5.38 Å². The first-order valence-corrected chi connectivity index (χ1v) is 5.83. The Bertz CT molecular complexity index is 236. The molecule has 0 spiro atoms. The van der Waals surface area contributed by atoms with Crippen molar-refractivity contribution in [2.45, 2.75) is 32.9 Å². The smallest absolute Gasteiger partial charge is 0.106 e. The van der Waals surface area contributed by atoms with Crippen molar-refractivity contribution in [3.05, 3.63) is 16.6 Å². The first-order valence-electron chi connectivity index (χ1n) is 4.95. The van der Waals surface area contributed by atoms with Crippen LogP contribution in [0.5, 0.6) is 0 Å². The van der Waals surface area contributed by atoms with Crippen LogP contribution in [0.4, 0.5) is 0 Å². The summed E-state index contributed by atoms with van der Waals surface area (Å²) in [5.41, 5.74) is 0. The van der Waals surface area contributed by atoms with Gasteiger partial charge in [0.05, 0.1) is 6.61 Å². The summed E-state index contributed by atoms with van der Waals surface area (Å²) < 4.78 is 0. The largest absolute Gasteiger partial charge is 0.395 e. The van der Waals surface area contributed by atoms with Gasteiger partial charge in [0.1, 0.15) is 5.01 Å². The van der Waals surface area contributed by atoms with Gasteiger partial charge >= 0.3 is 0 Å². The average Bonchev–Trinajstić information content (AvgIpc) is 2.64. The highest BCUT2D eigenvalue weighted by Crippen LogP contribution is 2.07. The molecule has 1 unspecified atom stereocenters. The van der Waals surface area contributed by atoms with E-state index < -0.39 is 0 Å². The standard InChI is InChI=1S/C10H18N2OS/c1-8(2)5-9(7-13)12-6-10-11-3-4-14-10/h3-4,8-9,12-13H,5-7H2,1-2H3. The molecule has 0 saturated carbocycles. The van der Waals surface area contributed by atoms with Crippen LogP contribution in [0.1, 0.15) is 25.3 Å². The lowest BCUT2D eigenvalue weighted by atomic mass is 10.0. The van der Waals surface area contributed by atoms with E-state index in [-0.39, 0.29) is 12.6 Å². The number of nitrogens with zero attached hydrogens (tertiary/aromatic N) is 1. The number of thiazole rings is 1. The van der Waals surface area contributed by atoms with E-state index in [0.717, 1.165) is 18.0 Å². The molecule has 0 fully saturated rings. The van der Waals surface area contributed by atoms with Crippen molar-refractivity contribution in [2.75, 3.05) is 6.61 Å². The molecule has 0 amide bonds. The monoisotopic (exact) mass is 214 g/mol. The van der Waals surface area contributed by atoms with Crippen LogP contribution < -0.4 is 5.32 Å². The highest BCUT2D eigenvalue weighted by molar-refractivity contribution is 7.09. The fourth-order valence-corrected chi connectivity index (χ4v) is 1.93. The summed E-state index contributed by atoms with van der Waals surface area (Å²) in [5.74, 6) is 0.607. The zero-order valence-electron chi connectivity index (χ0n) is 8.73. The number of aliphatic hydroxyl groups excluding tert-OH is 1. The SMILES string of the molecule is CC(C)CC(CO)NCc1nccs1. The molecule has 0 aliphatic heterocycles. The van der Waals surface area contributed by atoms with Crippen molar-refractivity contribution in [1.29, 1.82) is 0 Å². The number of hydrogen-bond acceptors (Lipinski definition) is 4. The lowest BCUT2D eigenvalue weighted by molar-refractivity contribution is 0.223. The number of aliphatic hydroxyl groups is 1. The molecule has 0 bridgehead atoms. The molecule has 1 aromatic heterocycles. The van der Waals surface area contributed by atoms with Crippen LogP contribution in [0.15, 0.2) is 11.6 Å². The molecule has 4 heteroatoms. The van der Waals surface area contributed by atoms with Crippen LogP contribution in [0, 0.1) is 5.92 Å². The van der Waals surface area contributed by atoms with Crippen LogP contribution in [0.3, 0.4) is 0 Å². The highest BCUT2D eigenvalue weighted by Gasteiger charge is 2.09. The first kappa shape index (κ1) is 11.6. The average molecular weight is 214 g/mol. The minimum atomic E-state index is 0.193. The summed E-state index contributed by atoms with van der Waals surface area (Å²) >= 11 is 1.64. The Kier molecular flexibility index (Phi) is 5.07. The second-order valence-corrected chi connectivity index (χ2v) is 4.79. The van der Waals surface area contributed by atoms with Gasteiger partial charge in [0.2, 0.25) is 0 Å². The Hall–Kier alpha value is -0.450. The van der Waals surface area contributed by atoms with Crippen LogP contribution in [-0.2, 0) is 6.54 Å². The lowest BCUT2D eigenvalue weighted by Crippen LogP contribution is -2.33. The van der Waals surface area contributed by atoms with Crippen molar-refractivity contribution in [3.63, 3.8) is 0 Å². The van der Waals surface area contributed by atoms with Gasteiger partial charge in [0.25, 0.3) is 0 Å². The van der Waals surface area contributed by atoms with E-state index >= 15 is 0 Å². The first-order chi connectivity index (χ1) is 6.72. The van der Waals surface area contributed by atoms with Crippen molar-refractivity contribution in [2.24, 2.45) is 5.92 Å². The second-order valence-electron chi connectivity index (χ2n) is 3.82. The van der Waals surface area contributed by atoms with Gasteiger partial charge < -0.3 is 10.4 Å². The third-order valence-corrected chi connectivity index (χ3v) is 2.78. The summed E-state index contributed by atoms with van der Waals surface area (Å²) in [5, 5.41) is 15.5.